The molecule has 0 saturated carbocycles. The number of hydrogen-bond acceptors (Lipinski definition) is 7. The molecule has 0 fully saturated rings. The van der Waals surface area contributed by atoms with Gasteiger partial charge in [0.25, 0.3) is 0 Å². The molecule has 0 radical (unpaired) electrons. The molecule has 1 aromatic heterocycles. The molecule has 248 valence electrons. The standard InChI is InChI=1S/C40H43N3O5/c1-39(2,3)48-38(45)42-26-25-41-37-24-21-31(27-43-37)30-19-22-36(23-20-30)46-28-35(44)29-47-40(32-13-7-4-8-14-32,33-15-9-5-10-16-33)34-17-11-6-12-18-34/h4-24,27,35,44H,25-26,28-29H2,1-3H3,(H,41,43)(H,42,45)/t35-/m1/s1. The van der Waals surface area contributed by atoms with E-state index < -0.39 is 23.4 Å². The first-order valence-electron chi connectivity index (χ1n) is 16.1. The van der Waals surface area contributed by atoms with Crippen molar-refractivity contribution in [2.45, 2.75) is 38.1 Å². The molecule has 0 aliphatic rings. The Kier molecular flexibility index (Phi) is 11.4. The van der Waals surface area contributed by atoms with Gasteiger partial charge in [-0.1, -0.05) is 103 Å². The van der Waals surface area contributed by atoms with Crippen LogP contribution in [-0.4, -0.2) is 54.2 Å². The predicted molar refractivity (Wildman–Crippen MR) is 189 cm³/mol. The molecule has 4 aromatic carbocycles. The number of aliphatic hydroxyl groups excluding tert-OH is 1. The van der Waals surface area contributed by atoms with Crippen LogP contribution in [0.2, 0.25) is 0 Å². The first kappa shape index (κ1) is 34.2. The van der Waals surface area contributed by atoms with Gasteiger partial charge in [0.15, 0.2) is 0 Å². The van der Waals surface area contributed by atoms with E-state index in [-0.39, 0.29) is 13.2 Å². The second-order valence-electron chi connectivity index (χ2n) is 12.4. The molecule has 0 bridgehead atoms. The molecule has 1 heterocycles. The maximum Gasteiger partial charge on any atom is 0.407 e. The number of benzene rings is 4. The summed E-state index contributed by atoms with van der Waals surface area (Å²) in [4.78, 5) is 16.3. The molecule has 0 unspecified atom stereocenters. The molecule has 8 nitrogen and oxygen atoms in total. The van der Waals surface area contributed by atoms with Gasteiger partial charge in [-0.25, -0.2) is 9.78 Å². The molecule has 0 aliphatic heterocycles. The third-order valence-electron chi connectivity index (χ3n) is 7.53. The molecule has 1 amide bonds. The summed E-state index contributed by atoms with van der Waals surface area (Å²) in [6.07, 6.45) is 0.474. The fraction of sp³-hybridized carbons (Fsp3) is 0.250. The molecule has 0 spiro atoms. The van der Waals surface area contributed by atoms with E-state index in [0.29, 0.717) is 24.7 Å². The van der Waals surface area contributed by atoms with E-state index >= 15 is 0 Å². The van der Waals surface area contributed by atoms with Crippen LogP contribution in [0.25, 0.3) is 11.1 Å². The highest BCUT2D eigenvalue weighted by atomic mass is 16.6. The number of hydrogen-bond donors (Lipinski definition) is 3. The van der Waals surface area contributed by atoms with Crippen molar-refractivity contribution < 1.29 is 24.1 Å². The molecule has 0 saturated heterocycles. The normalized spacial score (nSPS) is 12.2. The highest BCUT2D eigenvalue weighted by molar-refractivity contribution is 5.67. The molecular weight excluding hydrogens is 602 g/mol. The average molecular weight is 646 g/mol. The van der Waals surface area contributed by atoms with E-state index in [2.05, 4.69) is 52.0 Å². The second kappa shape index (κ2) is 16.1. The van der Waals surface area contributed by atoms with Crippen LogP contribution in [0.3, 0.4) is 0 Å². The maximum absolute atomic E-state index is 11.8. The van der Waals surface area contributed by atoms with Crippen molar-refractivity contribution in [1.82, 2.24) is 10.3 Å². The Bertz CT molecular complexity index is 1600. The van der Waals surface area contributed by atoms with Crippen molar-refractivity contribution in [1.29, 1.82) is 0 Å². The Balaban J connectivity index is 1.16. The summed E-state index contributed by atoms with van der Waals surface area (Å²) in [6, 6.07) is 41.8. The summed E-state index contributed by atoms with van der Waals surface area (Å²) in [5.41, 5.74) is 3.40. The number of carbonyl (C=O) groups excluding carboxylic acids is 1. The SMILES string of the molecule is CC(C)(C)OC(=O)NCCNc1ccc(-c2ccc(OC[C@@H](O)COC(c3ccccc3)(c3ccccc3)c3ccccc3)cc2)cn1. The molecule has 1 atom stereocenters. The van der Waals surface area contributed by atoms with Crippen LogP contribution in [0, 0.1) is 0 Å². The van der Waals surface area contributed by atoms with Crippen molar-refractivity contribution in [3.63, 3.8) is 0 Å². The smallest absolute Gasteiger partial charge is 0.407 e. The predicted octanol–water partition coefficient (Wildman–Crippen LogP) is 7.43. The van der Waals surface area contributed by atoms with Crippen LogP contribution in [-0.2, 0) is 15.1 Å². The summed E-state index contributed by atoms with van der Waals surface area (Å²) in [5, 5.41) is 16.9. The maximum atomic E-state index is 11.8. The Hall–Kier alpha value is -5.18. The Morgan fingerprint density at radius 3 is 1.75 bits per heavy atom. The lowest BCUT2D eigenvalue weighted by Gasteiger charge is -2.36. The van der Waals surface area contributed by atoms with Gasteiger partial charge in [0.2, 0.25) is 0 Å². The third kappa shape index (κ3) is 9.21. The largest absolute Gasteiger partial charge is 0.491 e. The fourth-order valence-electron chi connectivity index (χ4n) is 5.31. The lowest BCUT2D eigenvalue weighted by atomic mass is 9.80. The number of alkyl carbamates (subject to hydrolysis) is 1. The van der Waals surface area contributed by atoms with Crippen LogP contribution < -0.4 is 15.4 Å². The summed E-state index contributed by atoms with van der Waals surface area (Å²) >= 11 is 0. The van der Waals surface area contributed by atoms with Crippen LogP contribution in [0.1, 0.15) is 37.5 Å². The van der Waals surface area contributed by atoms with Gasteiger partial charge in [0.05, 0.1) is 6.61 Å². The van der Waals surface area contributed by atoms with Gasteiger partial charge in [-0.05, 0) is 67.3 Å². The van der Waals surface area contributed by atoms with E-state index in [9.17, 15) is 9.90 Å². The number of pyridine rings is 1. The Morgan fingerprint density at radius 1 is 0.708 bits per heavy atom. The molecular formula is C40H43N3O5. The number of aliphatic hydroxyl groups is 1. The molecule has 5 aromatic rings. The molecule has 8 heteroatoms. The van der Waals surface area contributed by atoms with Crippen molar-refractivity contribution in [3.05, 3.63) is 150 Å². The number of nitrogens with one attached hydrogen (secondary N) is 2. The van der Waals surface area contributed by atoms with Gasteiger partial charge in [-0.2, -0.15) is 0 Å². The molecule has 3 N–H and O–H groups in total. The van der Waals surface area contributed by atoms with Gasteiger partial charge in [-0.15, -0.1) is 0 Å². The van der Waals surface area contributed by atoms with Crippen LogP contribution in [0.4, 0.5) is 10.6 Å². The summed E-state index contributed by atoms with van der Waals surface area (Å²) in [6.45, 7) is 6.53. The number of nitrogens with zero attached hydrogens (tertiary/aromatic N) is 1. The monoisotopic (exact) mass is 645 g/mol. The third-order valence-corrected chi connectivity index (χ3v) is 7.53. The van der Waals surface area contributed by atoms with E-state index in [0.717, 1.165) is 27.8 Å². The van der Waals surface area contributed by atoms with Crippen molar-refractivity contribution in [2.24, 2.45) is 0 Å². The molecule has 5 rings (SSSR count). The van der Waals surface area contributed by atoms with Gasteiger partial charge < -0.3 is 30.0 Å². The zero-order chi connectivity index (χ0) is 33.8. The Morgan fingerprint density at radius 2 is 1.25 bits per heavy atom. The van der Waals surface area contributed by atoms with Gasteiger partial charge in [-0.3, -0.25) is 0 Å². The van der Waals surface area contributed by atoms with Gasteiger partial charge in [0.1, 0.15) is 35.5 Å². The van der Waals surface area contributed by atoms with Gasteiger partial charge in [0, 0.05) is 24.8 Å². The van der Waals surface area contributed by atoms with Crippen LogP contribution >= 0.6 is 0 Å². The highest BCUT2D eigenvalue weighted by Gasteiger charge is 2.38. The van der Waals surface area contributed by atoms with E-state index in [1.165, 1.54) is 0 Å². The Labute approximate surface area is 282 Å². The fourth-order valence-corrected chi connectivity index (χ4v) is 5.31. The summed E-state index contributed by atoms with van der Waals surface area (Å²) in [7, 11) is 0. The number of carbonyl (C=O) groups is 1. The van der Waals surface area contributed by atoms with E-state index in [1.807, 2.05) is 112 Å². The number of rotatable bonds is 14. The quantitative estimate of drug-likeness (QED) is 0.0853. The zero-order valence-corrected chi connectivity index (χ0v) is 27.6. The highest BCUT2D eigenvalue weighted by Crippen LogP contribution is 2.40. The summed E-state index contributed by atoms with van der Waals surface area (Å²) < 4.78 is 17.9. The minimum Gasteiger partial charge on any atom is -0.491 e. The topological polar surface area (TPSA) is 102 Å². The van der Waals surface area contributed by atoms with E-state index in [1.54, 1.807) is 6.20 Å². The van der Waals surface area contributed by atoms with Crippen molar-refractivity contribution >= 4 is 11.9 Å². The average Bonchev–Trinajstić information content (AvgIpc) is 3.11. The van der Waals surface area contributed by atoms with Crippen molar-refractivity contribution in [3.8, 4) is 16.9 Å². The minimum atomic E-state index is -0.914. The van der Waals surface area contributed by atoms with Gasteiger partial charge >= 0.3 is 6.09 Å². The molecule has 0 aliphatic carbocycles. The van der Waals surface area contributed by atoms with Crippen LogP contribution in [0.5, 0.6) is 5.75 Å². The number of anilines is 1. The summed E-state index contributed by atoms with van der Waals surface area (Å²) in [5.74, 6) is 1.35. The van der Waals surface area contributed by atoms with E-state index in [4.69, 9.17) is 14.2 Å². The lowest BCUT2D eigenvalue weighted by molar-refractivity contribution is -0.0493. The number of ether oxygens (including phenoxy) is 3. The zero-order valence-electron chi connectivity index (χ0n) is 27.6. The van der Waals surface area contributed by atoms with Crippen LogP contribution in [0.15, 0.2) is 134 Å². The minimum absolute atomic E-state index is 0.0554. The lowest BCUT2D eigenvalue weighted by Crippen LogP contribution is -2.37. The second-order valence-corrected chi connectivity index (χ2v) is 12.4. The number of amides is 1. The first-order chi connectivity index (χ1) is 23.2. The van der Waals surface area contributed by atoms with Crippen molar-refractivity contribution in [2.75, 3.05) is 31.6 Å². The molecule has 48 heavy (non-hydrogen) atoms. The number of aromatic nitrogens is 1. The first-order valence-corrected chi connectivity index (χ1v) is 16.1.